The summed E-state index contributed by atoms with van der Waals surface area (Å²) in [5.41, 5.74) is 5.25. The van der Waals surface area contributed by atoms with Gasteiger partial charge in [-0.2, -0.15) is 0 Å². The van der Waals surface area contributed by atoms with Gasteiger partial charge in [-0.15, -0.1) is 0 Å². The quantitative estimate of drug-likeness (QED) is 0.288. The molecule has 0 N–H and O–H groups in total. The minimum absolute atomic E-state index is 0.350. The number of para-hydroxylation sites is 2. The molecule has 4 rings (SSSR count). The molecule has 4 aromatic carbocycles. The van der Waals surface area contributed by atoms with E-state index in [9.17, 15) is 9.59 Å². The first-order chi connectivity index (χ1) is 17.1. The molecule has 0 aliphatic carbocycles. The van der Waals surface area contributed by atoms with Crippen LogP contribution < -0.4 is 4.74 Å². The van der Waals surface area contributed by atoms with E-state index in [2.05, 4.69) is 0 Å². The number of ether oxygens (including phenoxy) is 3. The van der Waals surface area contributed by atoms with Crippen LogP contribution in [0.25, 0.3) is 0 Å². The Kier molecular flexibility index (Phi) is 7.58. The van der Waals surface area contributed by atoms with E-state index < -0.39 is 0 Å². The zero-order valence-corrected chi connectivity index (χ0v) is 19.7. The van der Waals surface area contributed by atoms with Gasteiger partial charge in [-0.3, -0.25) is 0 Å². The summed E-state index contributed by atoms with van der Waals surface area (Å²) >= 11 is 0. The lowest BCUT2D eigenvalue weighted by molar-refractivity contribution is 0.0592. The molecule has 0 unspecified atom stereocenters. The van der Waals surface area contributed by atoms with E-state index in [0.717, 1.165) is 33.8 Å². The van der Waals surface area contributed by atoms with Crippen molar-refractivity contribution in [3.63, 3.8) is 0 Å². The zero-order valence-electron chi connectivity index (χ0n) is 19.7. The van der Waals surface area contributed by atoms with Gasteiger partial charge < -0.3 is 14.2 Å². The molecule has 0 spiro atoms. The van der Waals surface area contributed by atoms with Crippen molar-refractivity contribution in [2.75, 3.05) is 14.2 Å². The van der Waals surface area contributed by atoms with Gasteiger partial charge in [-0.25, -0.2) is 9.59 Å². The van der Waals surface area contributed by atoms with Crippen molar-refractivity contribution in [3.8, 4) is 11.5 Å². The monoisotopic (exact) mass is 466 g/mol. The number of methoxy groups -OCH3 is 2. The van der Waals surface area contributed by atoms with E-state index >= 15 is 0 Å². The Morgan fingerprint density at radius 1 is 0.543 bits per heavy atom. The van der Waals surface area contributed by atoms with Crippen LogP contribution in [0.4, 0.5) is 0 Å². The van der Waals surface area contributed by atoms with E-state index in [1.165, 1.54) is 14.2 Å². The van der Waals surface area contributed by atoms with Crippen molar-refractivity contribution in [1.82, 2.24) is 0 Å². The molecular weight excluding hydrogens is 440 g/mol. The Labute approximate surface area is 204 Å². The first kappa shape index (κ1) is 23.8. The van der Waals surface area contributed by atoms with Crippen LogP contribution in [0.1, 0.15) is 43.0 Å². The van der Waals surface area contributed by atoms with Gasteiger partial charge in [0.1, 0.15) is 11.5 Å². The molecule has 0 amide bonds. The lowest BCUT2D eigenvalue weighted by Crippen LogP contribution is -2.02. The summed E-state index contributed by atoms with van der Waals surface area (Å²) in [5.74, 6) is 0.852. The molecule has 0 aliphatic heterocycles. The third-order valence-corrected chi connectivity index (χ3v) is 5.70. The molecule has 35 heavy (non-hydrogen) atoms. The number of rotatable bonds is 8. The predicted octanol–water partition coefficient (Wildman–Crippen LogP) is 6.23. The summed E-state index contributed by atoms with van der Waals surface area (Å²) in [4.78, 5) is 23.4. The molecule has 0 saturated carbocycles. The van der Waals surface area contributed by atoms with Crippen molar-refractivity contribution in [3.05, 3.63) is 130 Å². The van der Waals surface area contributed by atoms with Crippen LogP contribution in [0, 0.1) is 0 Å². The zero-order chi connectivity index (χ0) is 24.6. The molecule has 0 aromatic heterocycles. The second kappa shape index (κ2) is 11.2. The molecule has 0 heterocycles. The summed E-state index contributed by atoms with van der Waals surface area (Å²) in [6.45, 7) is 0. The fraction of sp³-hybridized carbons (Fsp3) is 0.133. The van der Waals surface area contributed by atoms with Crippen LogP contribution >= 0.6 is 0 Å². The fourth-order valence-corrected chi connectivity index (χ4v) is 3.81. The number of carbonyl (C=O) groups excluding carboxylic acids is 2. The Hall–Kier alpha value is -4.38. The van der Waals surface area contributed by atoms with E-state index in [1.54, 1.807) is 24.3 Å². The summed E-state index contributed by atoms with van der Waals surface area (Å²) in [6.07, 6.45) is 1.32. The summed E-state index contributed by atoms with van der Waals surface area (Å²) in [7, 11) is 2.75. The topological polar surface area (TPSA) is 61.8 Å². The molecule has 4 aromatic rings. The second-order valence-electron chi connectivity index (χ2n) is 8.05. The molecule has 0 aliphatic rings. The molecule has 5 nitrogen and oxygen atoms in total. The van der Waals surface area contributed by atoms with Crippen LogP contribution in [0.3, 0.4) is 0 Å². The van der Waals surface area contributed by atoms with Crippen LogP contribution in [0.2, 0.25) is 0 Å². The van der Waals surface area contributed by atoms with Gasteiger partial charge in [0, 0.05) is 12.8 Å². The van der Waals surface area contributed by atoms with E-state index in [4.69, 9.17) is 14.2 Å². The first-order valence-corrected chi connectivity index (χ1v) is 11.3. The van der Waals surface area contributed by atoms with E-state index in [1.807, 2.05) is 72.8 Å². The number of esters is 2. The maximum Gasteiger partial charge on any atom is 0.337 e. The highest BCUT2D eigenvalue weighted by Crippen LogP contribution is 2.31. The van der Waals surface area contributed by atoms with Crippen molar-refractivity contribution >= 4 is 11.9 Å². The van der Waals surface area contributed by atoms with Crippen LogP contribution in [-0.2, 0) is 22.3 Å². The average Bonchev–Trinajstić information content (AvgIpc) is 2.91. The second-order valence-corrected chi connectivity index (χ2v) is 8.05. The maximum atomic E-state index is 11.7. The van der Waals surface area contributed by atoms with E-state index in [-0.39, 0.29) is 11.9 Å². The Morgan fingerprint density at radius 3 is 1.29 bits per heavy atom. The van der Waals surface area contributed by atoms with Gasteiger partial charge in [0.05, 0.1) is 25.3 Å². The third-order valence-electron chi connectivity index (χ3n) is 5.70. The number of benzene rings is 4. The molecule has 0 atom stereocenters. The van der Waals surface area contributed by atoms with E-state index in [0.29, 0.717) is 24.0 Å². The Bertz CT molecular complexity index is 1200. The molecule has 0 radical (unpaired) electrons. The van der Waals surface area contributed by atoms with Crippen molar-refractivity contribution in [1.29, 1.82) is 0 Å². The fourth-order valence-electron chi connectivity index (χ4n) is 3.81. The summed E-state index contributed by atoms with van der Waals surface area (Å²) in [6, 6.07) is 30.7. The van der Waals surface area contributed by atoms with Gasteiger partial charge in [0.15, 0.2) is 0 Å². The molecule has 0 fully saturated rings. The SMILES string of the molecule is COC(=O)c1ccc(Cc2ccccc2Oc2ccccc2Cc2ccc(C(=O)OC)cc2)cc1. The van der Waals surface area contributed by atoms with Gasteiger partial charge in [-0.1, -0.05) is 60.7 Å². The largest absolute Gasteiger partial charge is 0.465 e. The summed E-state index contributed by atoms with van der Waals surface area (Å²) < 4.78 is 15.9. The normalized spacial score (nSPS) is 10.5. The van der Waals surface area contributed by atoms with Gasteiger partial charge in [-0.05, 0) is 58.7 Å². The third kappa shape index (κ3) is 5.95. The lowest BCUT2D eigenvalue weighted by atomic mass is 10.0. The number of hydrogen-bond donors (Lipinski definition) is 0. The van der Waals surface area contributed by atoms with Gasteiger partial charge in [0.2, 0.25) is 0 Å². The standard InChI is InChI=1S/C30H26O5/c1-33-29(31)23-15-11-21(12-16-23)19-25-7-3-5-9-27(25)35-28-10-6-4-8-26(28)20-22-13-17-24(18-14-22)30(32)34-2/h3-18H,19-20H2,1-2H3. The van der Waals surface area contributed by atoms with Crippen molar-refractivity contribution in [2.45, 2.75) is 12.8 Å². The molecule has 0 bridgehead atoms. The lowest BCUT2D eigenvalue weighted by Gasteiger charge is -2.15. The first-order valence-electron chi connectivity index (χ1n) is 11.3. The van der Waals surface area contributed by atoms with Crippen LogP contribution in [0.5, 0.6) is 11.5 Å². The van der Waals surface area contributed by atoms with Crippen molar-refractivity contribution in [2.24, 2.45) is 0 Å². The Morgan fingerprint density at radius 2 is 0.914 bits per heavy atom. The minimum Gasteiger partial charge on any atom is -0.465 e. The van der Waals surface area contributed by atoms with Gasteiger partial charge >= 0.3 is 11.9 Å². The number of hydrogen-bond acceptors (Lipinski definition) is 5. The smallest absolute Gasteiger partial charge is 0.337 e. The molecule has 0 saturated heterocycles. The minimum atomic E-state index is -0.350. The highest BCUT2D eigenvalue weighted by molar-refractivity contribution is 5.89. The molecular formula is C30H26O5. The highest BCUT2D eigenvalue weighted by atomic mass is 16.5. The summed E-state index contributed by atoms with van der Waals surface area (Å²) in [5, 5.41) is 0. The number of carbonyl (C=O) groups is 2. The predicted molar refractivity (Wildman–Crippen MR) is 134 cm³/mol. The van der Waals surface area contributed by atoms with Crippen LogP contribution in [-0.4, -0.2) is 26.2 Å². The van der Waals surface area contributed by atoms with Crippen molar-refractivity contribution < 1.29 is 23.8 Å². The molecule has 5 heteroatoms. The Balaban J connectivity index is 1.53. The highest BCUT2D eigenvalue weighted by Gasteiger charge is 2.11. The average molecular weight is 467 g/mol. The van der Waals surface area contributed by atoms with Crippen LogP contribution in [0.15, 0.2) is 97.1 Å². The molecule has 176 valence electrons. The maximum absolute atomic E-state index is 11.7. The van der Waals surface area contributed by atoms with Gasteiger partial charge in [0.25, 0.3) is 0 Å².